The molecular formula is C18H25N7O4. The molecule has 3 aromatic heterocycles. The van der Waals surface area contributed by atoms with Gasteiger partial charge in [0.15, 0.2) is 17.0 Å². The molecule has 3 aromatic rings. The van der Waals surface area contributed by atoms with Crippen molar-refractivity contribution in [3.63, 3.8) is 0 Å². The van der Waals surface area contributed by atoms with E-state index in [-0.39, 0.29) is 12.5 Å². The van der Waals surface area contributed by atoms with Gasteiger partial charge in [-0.05, 0) is 20.4 Å². The van der Waals surface area contributed by atoms with Gasteiger partial charge >= 0.3 is 5.69 Å². The average molecular weight is 403 g/mol. The molecule has 0 unspecified atom stereocenters. The second kappa shape index (κ2) is 8.43. The second-order valence-electron chi connectivity index (χ2n) is 7.07. The van der Waals surface area contributed by atoms with Crippen LogP contribution in [0.5, 0.6) is 0 Å². The van der Waals surface area contributed by atoms with Crippen molar-refractivity contribution in [2.24, 2.45) is 7.05 Å². The molecule has 0 fully saturated rings. The highest BCUT2D eigenvalue weighted by Gasteiger charge is 2.18. The molecule has 0 radical (unpaired) electrons. The maximum Gasteiger partial charge on any atom is 0.330 e. The molecule has 0 aliphatic rings. The Hall–Kier alpha value is -3.21. The van der Waals surface area contributed by atoms with E-state index in [0.717, 1.165) is 12.8 Å². The first-order chi connectivity index (χ1) is 13.8. The first-order valence-corrected chi connectivity index (χ1v) is 9.40. The van der Waals surface area contributed by atoms with Crippen molar-refractivity contribution >= 4 is 22.9 Å². The summed E-state index contributed by atoms with van der Waals surface area (Å²) in [6, 6.07) is 1.63. The molecule has 0 atom stereocenters. The number of nitrogens with zero attached hydrogens (tertiary/aromatic N) is 5. The minimum Gasteiger partial charge on any atom is -0.360 e. The van der Waals surface area contributed by atoms with Gasteiger partial charge in [-0.3, -0.25) is 24.0 Å². The van der Waals surface area contributed by atoms with E-state index in [4.69, 9.17) is 4.52 Å². The van der Waals surface area contributed by atoms with Gasteiger partial charge in [-0.15, -0.1) is 0 Å². The van der Waals surface area contributed by atoms with Crippen LogP contribution < -0.4 is 16.6 Å². The lowest BCUT2D eigenvalue weighted by atomic mass is 10.3. The van der Waals surface area contributed by atoms with Gasteiger partial charge in [-0.25, -0.2) is 9.78 Å². The summed E-state index contributed by atoms with van der Waals surface area (Å²) in [5.41, 5.74) is -0.232. The Kier molecular flexibility index (Phi) is 5.97. The number of amides is 1. The monoisotopic (exact) mass is 403 g/mol. The van der Waals surface area contributed by atoms with Crippen LogP contribution in [0.3, 0.4) is 0 Å². The number of anilines is 1. The number of hydrogen-bond acceptors (Lipinski definition) is 7. The number of imidazole rings is 1. The zero-order chi connectivity index (χ0) is 21.1. The number of fused-ring (bicyclic) bond motifs is 1. The highest BCUT2D eigenvalue weighted by atomic mass is 16.5. The van der Waals surface area contributed by atoms with Gasteiger partial charge in [0.2, 0.25) is 5.91 Å². The molecule has 0 aromatic carbocycles. The van der Waals surface area contributed by atoms with Crippen LogP contribution in [0.4, 0.5) is 5.82 Å². The lowest BCUT2D eigenvalue weighted by Crippen LogP contribution is -2.31. The molecule has 0 spiro atoms. The van der Waals surface area contributed by atoms with Gasteiger partial charge in [0.25, 0.3) is 5.56 Å². The molecule has 3 rings (SSSR count). The number of aryl methyl sites for hydroxylation is 3. The Morgan fingerprint density at radius 3 is 2.79 bits per heavy atom. The van der Waals surface area contributed by atoms with Crippen molar-refractivity contribution in [1.29, 1.82) is 0 Å². The number of likely N-dealkylation sites (N-methyl/N-ethyl adjacent to an activating group) is 1. The van der Waals surface area contributed by atoms with Crippen molar-refractivity contribution in [3.05, 3.63) is 38.5 Å². The van der Waals surface area contributed by atoms with Crippen LogP contribution in [-0.4, -0.2) is 48.7 Å². The number of nitrogens with one attached hydrogen (secondary N) is 2. The Bertz CT molecular complexity index is 1140. The fourth-order valence-corrected chi connectivity index (χ4v) is 3.11. The molecule has 0 aliphatic carbocycles. The lowest BCUT2D eigenvalue weighted by Gasteiger charge is -2.15. The molecule has 0 saturated heterocycles. The molecule has 0 bridgehead atoms. The summed E-state index contributed by atoms with van der Waals surface area (Å²) in [6.45, 7) is 4.65. The van der Waals surface area contributed by atoms with Crippen LogP contribution in [0.15, 0.2) is 20.2 Å². The van der Waals surface area contributed by atoms with E-state index in [2.05, 4.69) is 20.4 Å². The highest BCUT2D eigenvalue weighted by Crippen LogP contribution is 2.12. The number of carbonyl (C=O) groups is 1. The van der Waals surface area contributed by atoms with Crippen molar-refractivity contribution in [2.45, 2.75) is 39.8 Å². The fourth-order valence-electron chi connectivity index (χ4n) is 3.11. The predicted molar refractivity (Wildman–Crippen MR) is 107 cm³/mol. The maximum absolute atomic E-state index is 12.3. The first-order valence-electron chi connectivity index (χ1n) is 9.40. The summed E-state index contributed by atoms with van der Waals surface area (Å²) >= 11 is 0. The highest BCUT2D eigenvalue weighted by molar-refractivity contribution is 5.91. The third kappa shape index (κ3) is 4.45. The van der Waals surface area contributed by atoms with E-state index >= 15 is 0 Å². The number of unbranched alkanes of at least 4 members (excludes halogenated alkanes) is 1. The molecular weight excluding hydrogens is 378 g/mol. The number of aromatic nitrogens is 5. The van der Waals surface area contributed by atoms with Crippen molar-refractivity contribution in [2.75, 3.05) is 18.9 Å². The van der Waals surface area contributed by atoms with Crippen LogP contribution in [0.2, 0.25) is 0 Å². The third-order valence-electron chi connectivity index (χ3n) is 4.56. The average Bonchev–Trinajstić information content (AvgIpc) is 3.18. The summed E-state index contributed by atoms with van der Waals surface area (Å²) in [5, 5.41) is 6.39. The van der Waals surface area contributed by atoms with E-state index in [9.17, 15) is 14.4 Å². The topological polar surface area (TPSA) is 131 Å². The number of aromatic amines is 1. The predicted octanol–water partition coefficient (Wildman–Crippen LogP) is 0.590. The van der Waals surface area contributed by atoms with Crippen molar-refractivity contribution in [3.8, 4) is 0 Å². The number of rotatable bonds is 8. The first kappa shape index (κ1) is 20.5. The zero-order valence-corrected chi connectivity index (χ0v) is 17.0. The lowest BCUT2D eigenvalue weighted by molar-refractivity contribution is -0.117. The quantitative estimate of drug-likeness (QED) is 0.563. The normalized spacial score (nSPS) is 11.5. The molecule has 11 nitrogen and oxygen atoms in total. The van der Waals surface area contributed by atoms with E-state index in [0.29, 0.717) is 41.7 Å². The smallest absolute Gasteiger partial charge is 0.330 e. The minimum absolute atomic E-state index is 0.0914. The largest absolute Gasteiger partial charge is 0.360 e. The summed E-state index contributed by atoms with van der Waals surface area (Å²) in [7, 11) is 3.49. The Balaban J connectivity index is 1.79. The molecule has 2 N–H and O–H groups in total. The van der Waals surface area contributed by atoms with Gasteiger partial charge in [0, 0.05) is 19.7 Å². The van der Waals surface area contributed by atoms with Crippen LogP contribution >= 0.6 is 0 Å². The van der Waals surface area contributed by atoms with Crippen LogP contribution in [0, 0.1) is 6.92 Å². The molecule has 29 heavy (non-hydrogen) atoms. The summed E-state index contributed by atoms with van der Waals surface area (Å²) in [6.07, 6.45) is 1.71. The van der Waals surface area contributed by atoms with Crippen LogP contribution in [0.1, 0.15) is 31.4 Å². The van der Waals surface area contributed by atoms with Crippen LogP contribution in [-0.2, 0) is 24.9 Å². The van der Waals surface area contributed by atoms with Crippen LogP contribution in [0.25, 0.3) is 11.2 Å². The fraction of sp³-hybridized carbons (Fsp3) is 0.500. The number of hydrogen-bond donors (Lipinski definition) is 2. The third-order valence-corrected chi connectivity index (χ3v) is 4.56. The Morgan fingerprint density at radius 2 is 2.14 bits per heavy atom. The molecule has 1 amide bonds. The molecule has 0 saturated carbocycles. The molecule has 3 heterocycles. The maximum atomic E-state index is 12.3. The Morgan fingerprint density at radius 1 is 1.38 bits per heavy atom. The van der Waals surface area contributed by atoms with E-state index in [1.54, 1.807) is 36.6 Å². The molecule has 0 aliphatic heterocycles. The van der Waals surface area contributed by atoms with E-state index < -0.39 is 11.2 Å². The van der Waals surface area contributed by atoms with Gasteiger partial charge in [-0.2, -0.15) is 0 Å². The number of H-pyrrole nitrogens is 1. The standard InChI is InChI=1S/C18H25N7O4/c1-5-6-7-25-16-15(17(27)21-18(25)28)24(4)13(20-16)9-23(3)10-14(26)19-12-8-11(2)29-22-12/h8H,5-7,9-10H2,1-4H3,(H,19,22,26)(H,21,27,28). The van der Waals surface area contributed by atoms with Gasteiger partial charge in [0.1, 0.15) is 11.6 Å². The molecule has 156 valence electrons. The van der Waals surface area contributed by atoms with Gasteiger partial charge in [0.05, 0.1) is 13.1 Å². The van der Waals surface area contributed by atoms with Crippen molar-refractivity contribution < 1.29 is 9.32 Å². The van der Waals surface area contributed by atoms with Crippen molar-refractivity contribution in [1.82, 2.24) is 29.2 Å². The second-order valence-corrected chi connectivity index (χ2v) is 7.07. The number of carbonyl (C=O) groups excluding carboxylic acids is 1. The SMILES string of the molecule is CCCCn1c(=O)[nH]c(=O)c2c1nc(CN(C)CC(=O)Nc1cc(C)on1)n2C. The van der Waals surface area contributed by atoms with Gasteiger partial charge in [-0.1, -0.05) is 18.5 Å². The Labute approximate surface area is 166 Å². The van der Waals surface area contributed by atoms with E-state index in [1.165, 1.54) is 4.57 Å². The summed E-state index contributed by atoms with van der Waals surface area (Å²) in [5.74, 6) is 1.29. The minimum atomic E-state index is -0.471. The zero-order valence-electron chi connectivity index (χ0n) is 17.0. The van der Waals surface area contributed by atoms with Gasteiger partial charge < -0.3 is 14.4 Å². The summed E-state index contributed by atoms with van der Waals surface area (Å²) < 4.78 is 8.07. The summed E-state index contributed by atoms with van der Waals surface area (Å²) in [4.78, 5) is 45.3. The molecule has 11 heteroatoms. The van der Waals surface area contributed by atoms with E-state index in [1.807, 2.05) is 6.92 Å².